The Morgan fingerprint density at radius 2 is 2.00 bits per heavy atom. The standard InChI is InChI=1S/C21H21ClFN3O5S/c22-14-8-13(9-15(23)10-14)12-24-19(27)21(29)6-7-26(20(21)28)17-3-1-2-16(11-17)25-32(30,31)18-4-5-18/h1-3,8-11,18,25,29H,4-7,12H2,(H,24,27). The summed E-state index contributed by atoms with van der Waals surface area (Å²) in [5, 5.41) is 13.0. The zero-order chi connectivity index (χ0) is 23.1. The molecule has 2 aliphatic rings. The molecule has 170 valence electrons. The first-order valence-electron chi connectivity index (χ1n) is 9.98. The van der Waals surface area contributed by atoms with Crippen LogP contribution in [-0.4, -0.2) is 42.7 Å². The molecule has 1 aliphatic carbocycles. The molecule has 8 nitrogen and oxygen atoms in total. The normalized spacial score (nSPS) is 21.0. The highest BCUT2D eigenvalue weighted by Gasteiger charge is 2.51. The quantitative estimate of drug-likeness (QED) is 0.524. The molecule has 4 rings (SSSR count). The number of carbonyl (C=O) groups is 2. The number of hydrogen-bond donors (Lipinski definition) is 3. The van der Waals surface area contributed by atoms with E-state index >= 15 is 0 Å². The van der Waals surface area contributed by atoms with E-state index in [9.17, 15) is 27.5 Å². The van der Waals surface area contributed by atoms with Gasteiger partial charge in [0, 0.05) is 30.2 Å². The summed E-state index contributed by atoms with van der Waals surface area (Å²) < 4.78 is 40.3. The molecule has 1 saturated carbocycles. The number of aliphatic hydroxyl groups is 1. The highest BCUT2D eigenvalue weighted by molar-refractivity contribution is 7.93. The molecule has 0 radical (unpaired) electrons. The maximum absolute atomic E-state index is 13.5. The smallest absolute Gasteiger partial charge is 0.268 e. The van der Waals surface area contributed by atoms with Crippen LogP contribution in [0.1, 0.15) is 24.8 Å². The fraction of sp³-hybridized carbons (Fsp3) is 0.333. The minimum absolute atomic E-state index is 0.0629. The number of amides is 2. The van der Waals surface area contributed by atoms with Crippen molar-refractivity contribution in [2.45, 2.75) is 36.7 Å². The van der Waals surface area contributed by atoms with Crippen LogP contribution in [0.2, 0.25) is 5.02 Å². The number of anilines is 2. The van der Waals surface area contributed by atoms with Crippen molar-refractivity contribution in [3.05, 3.63) is 58.9 Å². The van der Waals surface area contributed by atoms with Gasteiger partial charge < -0.3 is 15.3 Å². The van der Waals surface area contributed by atoms with Gasteiger partial charge >= 0.3 is 0 Å². The van der Waals surface area contributed by atoms with Crippen LogP contribution < -0.4 is 14.9 Å². The molecule has 3 N–H and O–H groups in total. The Morgan fingerprint density at radius 3 is 2.69 bits per heavy atom. The molecule has 2 aromatic carbocycles. The number of benzene rings is 2. The summed E-state index contributed by atoms with van der Waals surface area (Å²) in [6.45, 7) is -0.0578. The maximum atomic E-state index is 13.5. The minimum Gasteiger partial charge on any atom is -0.372 e. The number of halogens is 2. The summed E-state index contributed by atoms with van der Waals surface area (Å²) in [7, 11) is -3.47. The molecule has 1 atom stereocenters. The largest absolute Gasteiger partial charge is 0.372 e. The summed E-state index contributed by atoms with van der Waals surface area (Å²) in [4.78, 5) is 26.7. The molecule has 1 unspecified atom stereocenters. The molecule has 2 amide bonds. The van der Waals surface area contributed by atoms with E-state index in [1.807, 2.05) is 0 Å². The molecule has 0 aromatic heterocycles. The minimum atomic E-state index is -3.47. The molecular formula is C21H21ClFN3O5S. The van der Waals surface area contributed by atoms with Crippen molar-refractivity contribution in [2.75, 3.05) is 16.2 Å². The van der Waals surface area contributed by atoms with Crippen LogP contribution in [0, 0.1) is 5.82 Å². The van der Waals surface area contributed by atoms with Gasteiger partial charge in [-0.2, -0.15) is 0 Å². The van der Waals surface area contributed by atoms with Gasteiger partial charge in [0.25, 0.3) is 11.8 Å². The van der Waals surface area contributed by atoms with E-state index in [4.69, 9.17) is 11.6 Å². The Kier molecular flexibility index (Phi) is 5.87. The van der Waals surface area contributed by atoms with Gasteiger partial charge in [0.2, 0.25) is 15.6 Å². The summed E-state index contributed by atoms with van der Waals surface area (Å²) in [5.41, 5.74) is -1.26. The van der Waals surface area contributed by atoms with Crippen LogP contribution in [0.4, 0.5) is 15.8 Å². The van der Waals surface area contributed by atoms with Crippen molar-refractivity contribution in [1.29, 1.82) is 0 Å². The average Bonchev–Trinajstić information content (AvgIpc) is 3.53. The Bertz CT molecular complexity index is 1170. The lowest BCUT2D eigenvalue weighted by molar-refractivity contribution is -0.149. The first kappa shape index (κ1) is 22.5. The van der Waals surface area contributed by atoms with Crippen LogP contribution in [0.5, 0.6) is 0 Å². The molecule has 1 heterocycles. The molecule has 0 spiro atoms. The van der Waals surface area contributed by atoms with Crippen molar-refractivity contribution < 1.29 is 27.5 Å². The maximum Gasteiger partial charge on any atom is 0.268 e. The van der Waals surface area contributed by atoms with E-state index in [1.165, 1.54) is 23.1 Å². The summed E-state index contributed by atoms with van der Waals surface area (Å²) in [6, 6.07) is 9.99. The predicted octanol–water partition coefficient (Wildman–Crippen LogP) is 2.17. The molecule has 1 saturated heterocycles. The van der Waals surface area contributed by atoms with Gasteiger partial charge in [-0.05, 0) is 54.8 Å². The van der Waals surface area contributed by atoms with Gasteiger partial charge in [-0.25, -0.2) is 12.8 Å². The van der Waals surface area contributed by atoms with Crippen LogP contribution in [0.15, 0.2) is 42.5 Å². The molecule has 0 bridgehead atoms. The lowest BCUT2D eigenvalue weighted by atomic mass is 10.0. The summed E-state index contributed by atoms with van der Waals surface area (Å²) >= 11 is 5.80. The van der Waals surface area contributed by atoms with E-state index < -0.39 is 38.5 Å². The molecule has 32 heavy (non-hydrogen) atoms. The van der Waals surface area contributed by atoms with E-state index in [0.717, 1.165) is 6.07 Å². The van der Waals surface area contributed by atoms with Crippen molar-refractivity contribution >= 4 is 44.8 Å². The third-order valence-electron chi connectivity index (χ3n) is 5.43. The number of nitrogens with zero attached hydrogens (tertiary/aromatic N) is 1. The molecule has 2 fully saturated rings. The number of hydrogen-bond acceptors (Lipinski definition) is 5. The first-order valence-corrected chi connectivity index (χ1v) is 11.9. The van der Waals surface area contributed by atoms with E-state index in [1.54, 1.807) is 18.2 Å². The van der Waals surface area contributed by atoms with Gasteiger partial charge in [0.1, 0.15) is 5.82 Å². The Hall–Kier alpha value is -2.69. The SMILES string of the molecule is O=C(NCc1cc(F)cc(Cl)c1)C1(O)CCN(c2cccc(NS(=O)(=O)C3CC3)c2)C1=O. The highest BCUT2D eigenvalue weighted by atomic mass is 35.5. The topological polar surface area (TPSA) is 116 Å². The van der Waals surface area contributed by atoms with E-state index in [0.29, 0.717) is 29.8 Å². The van der Waals surface area contributed by atoms with Crippen LogP contribution in [-0.2, 0) is 26.2 Å². The Morgan fingerprint density at radius 1 is 1.25 bits per heavy atom. The molecule has 11 heteroatoms. The highest BCUT2D eigenvalue weighted by Crippen LogP contribution is 2.33. The zero-order valence-corrected chi connectivity index (χ0v) is 18.4. The number of nitrogens with one attached hydrogen (secondary N) is 2. The predicted molar refractivity (Wildman–Crippen MR) is 117 cm³/mol. The van der Waals surface area contributed by atoms with Crippen molar-refractivity contribution in [3.63, 3.8) is 0 Å². The lowest BCUT2D eigenvalue weighted by Crippen LogP contribution is -2.52. The fourth-order valence-electron chi connectivity index (χ4n) is 3.57. The zero-order valence-electron chi connectivity index (χ0n) is 16.8. The average molecular weight is 482 g/mol. The molecular weight excluding hydrogens is 461 g/mol. The third-order valence-corrected chi connectivity index (χ3v) is 7.52. The van der Waals surface area contributed by atoms with Crippen molar-refractivity contribution in [2.24, 2.45) is 0 Å². The number of carbonyl (C=O) groups excluding carboxylic acids is 2. The van der Waals surface area contributed by atoms with Gasteiger partial charge in [-0.15, -0.1) is 0 Å². The van der Waals surface area contributed by atoms with Crippen molar-refractivity contribution in [1.82, 2.24) is 5.32 Å². The Balaban J connectivity index is 1.45. The lowest BCUT2D eigenvalue weighted by Gasteiger charge is -2.22. The number of rotatable bonds is 7. The first-order chi connectivity index (χ1) is 15.1. The van der Waals surface area contributed by atoms with E-state index in [2.05, 4.69) is 10.0 Å². The summed E-state index contributed by atoms with van der Waals surface area (Å²) in [6.07, 6.45) is 1.08. The second kappa shape index (κ2) is 8.34. The van der Waals surface area contributed by atoms with Gasteiger partial charge in [0.05, 0.1) is 10.9 Å². The molecule has 1 aliphatic heterocycles. The monoisotopic (exact) mass is 481 g/mol. The van der Waals surface area contributed by atoms with E-state index in [-0.39, 0.29) is 24.5 Å². The van der Waals surface area contributed by atoms with Gasteiger partial charge in [0.15, 0.2) is 0 Å². The third kappa shape index (κ3) is 4.57. The van der Waals surface area contributed by atoms with Crippen molar-refractivity contribution in [3.8, 4) is 0 Å². The van der Waals surface area contributed by atoms with Crippen LogP contribution in [0.3, 0.4) is 0 Å². The van der Waals surface area contributed by atoms with Crippen LogP contribution in [0.25, 0.3) is 0 Å². The second-order valence-corrected chi connectivity index (χ2v) is 10.3. The van der Waals surface area contributed by atoms with Crippen LogP contribution >= 0.6 is 11.6 Å². The number of sulfonamides is 1. The molecule has 2 aromatic rings. The second-order valence-electron chi connectivity index (χ2n) is 7.92. The van der Waals surface area contributed by atoms with Gasteiger partial charge in [-0.1, -0.05) is 17.7 Å². The fourth-order valence-corrected chi connectivity index (χ4v) is 5.19. The Labute approximate surface area is 189 Å². The van der Waals surface area contributed by atoms with Gasteiger partial charge in [-0.3, -0.25) is 14.3 Å². The summed E-state index contributed by atoms with van der Waals surface area (Å²) in [5.74, 6) is -2.30.